The Kier molecular flexibility index (Phi) is 16.3. The van der Waals surface area contributed by atoms with Crippen LogP contribution < -0.4 is 20.4 Å². The molecule has 7 rings (SSSR count). The number of rotatable bonds is 14. The van der Waals surface area contributed by atoms with Crippen molar-refractivity contribution in [3.8, 4) is 0 Å². The van der Waals surface area contributed by atoms with Gasteiger partial charge in [-0.3, -0.25) is 38.9 Å². The molecule has 4 unspecified atom stereocenters. The molecule has 4 amide bonds. The fourth-order valence-electron chi connectivity index (χ4n) is 9.47. The summed E-state index contributed by atoms with van der Waals surface area (Å²) in [7, 11) is 0. The number of nitrogens with one attached hydrogen (secondary N) is 2. The molecule has 12 nitrogen and oxygen atoms in total. The minimum Gasteiger partial charge on any atom is -0.378 e. The maximum absolute atomic E-state index is 15.0. The summed E-state index contributed by atoms with van der Waals surface area (Å²) in [5.74, 6) is -2.27. The molecule has 2 heterocycles. The van der Waals surface area contributed by atoms with Gasteiger partial charge in [-0.2, -0.15) is 0 Å². The molecule has 4 aromatic carbocycles. The SMILES string of the molecule is CC(C)(C)NC(=O)C(c1cccnc1)N(C(=O)[C@@H](O)c1cccc(C2CCCC(NC(=O)C(c3cccnc3)N(C(=O)[C@H](O)c3ccccc3)c3ccc(C(C)(C)C)cc3)C2)c1)c1ccc(C(C)(C)C)cc1. The first-order valence-electron chi connectivity index (χ1n) is 24.9. The van der Waals surface area contributed by atoms with Crippen LogP contribution in [0.25, 0.3) is 0 Å². The number of pyridine rings is 2. The molecule has 1 fully saturated rings. The number of anilines is 2. The van der Waals surface area contributed by atoms with E-state index in [1.165, 1.54) is 9.80 Å². The standard InChI is InChI=1S/C60H70N6O6/c1-58(2,3)45-25-29-48(30-26-45)65(56(71)52(67)39-17-11-10-12-18-39)50(43-22-15-33-61-37-43)54(69)63-47-24-14-20-41(36-47)40-19-13-21-42(35-40)53(68)57(72)66(49-31-27-46(28-32-49)59(4,5)6)51(44-23-16-34-62-38-44)55(70)64-60(7,8)9/h10-13,15-19,21-23,25-35,37-38,41,47,50-53,67-68H,14,20,24,36H2,1-9H3,(H,63,69)(H,64,70)/t41?,47?,50?,51?,52-,53+/m1/s1. The third-order valence-corrected chi connectivity index (χ3v) is 13.3. The molecule has 2 aromatic heterocycles. The van der Waals surface area contributed by atoms with E-state index in [9.17, 15) is 24.6 Å². The average molecular weight is 971 g/mol. The largest absolute Gasteiger partial charge is 0.378 e. The van der Waals surface area contributed by atoms with Gasteiger partial charge in [-0.05, 0) is 121 Å². The third kappa shape index (κ3) is 12.7. The van der Waals surface area contributed by atoms with Crippen molar-refractivity contribution in [1.82, 2.24) is 20.6 Å². The summed E-state index contributed by atoms with van der Waals surface area (Å²) in [6.07, 6.45) is 5.93. The van der Waals surface area contributed by atoms with Gasteiger partial charge in [0.15, 0.2) is 12.2 Å². The Morgan fingerprint density at radius 2 is 1.03 bits per heavy atom. The van der Waals surface area contributed by atoms with Crippen molar-refractivity contribution >= 4 is 35.0 Å². The van der Waals surface area contributed by atoms with Crippen molar-refractivity contribution in [3.63, 3.8) is 0 Å². The van der Waals surface area contributed by atoms with Crippen LogP contribution in [0.3, 0.4) is 0 Å². The zero-order chi connectivity index (χ0) is 52.0. The van der Waals surface area contributed by atoms with Crippen LogP contribution in [-0.4, -0.2) is 55.4 Å². The molecule has 6 atom stereocenters. The van der Waals surface area contributed by atoms with Crippen LogP contribution in [0.1, 0.15) is 157 Å². The summed E-state index contributed by atoms with van der Waals surface area (Å²) in [5, 5.41) is 30.2. The fourth-order valence-corrected chi connectivity index (χ4v) is 9.47. The number of hydrogen-bond donors (Lipinski definition) is 4. The van der Waals surface area contributed by atoms with Crippen LogP contribution in [0, 0.1) is 0 Å². The predicted molar refractivity (Wildman–Crippen MR) is 283 cm³/mol. The van der Waals surface area contributed by atoms with Crippen molar-refractivity contribution in [2.45, 2.75) is 141 Å². The van der Waals surface area contributed by atoms with Crippen molar-refractivity contribution in [2.24, 2.45) is 0 Å². The number of aliphatic hydroxyl groups is 2. The van der Waals surface area contributed by atoms with E-state index >= 15 is 4.79 Å². The Balaban J connectivity index is 1.18. The summed E-state index contributed by atoms with van der Waals surface area (Å²) < 4.78 is 0. The van der Waals surface area contributed by atoms with Crippen molar-refractivity contribution in [2.75, 3.05) is 9.80 Å². The van der Waals surface area contributed by atoms with Crippen LogP contribution in [0.15, 0.2) is 152 Å². The lowest BCUT2D eigenvalue weighted by Crippen LogP contribution is -2.50. The first kappa shape index (κ1) is 52.8. The number of carbonyl (C=O) groups is 4. The summed E-state index contributed by atoms with van der Waals surface area (Å²) in [6, 6.07) is 35.3. The fraction of sp³-hybridized carbons (Fsp3) is 0.367. The molecular weight excluding hydrogens is 901 g/mol. The molecule has 12 heteroatoms. The van der Waals surface area contributed by atoms with Crippen molar-refractivity contribution in [3.05, 3.63) is 191 Å². The highest BCUT2D eigenvalue weighted by Crippen LogP contribution is 2.39. The third-order valence-electron chi connectivity index (χ3n) is 13.3. The van der Waals surface area contributed by atoms with E-state index in [0.29, 0.717) is 46.5 Å². The molecular formula is C60H70N6O6. The first-order valence-corrected chi connectivity index (χ1v) is 24.9. The summed E-state index contributed by atoms with van der Waals surface area (Å²) in [5.41, 5.74) is 4.59. The highest BCUT2D eigenvalue weighted by molar-refractivity contribution is 6.04. The molecule has 1 saturated carbocycles. The van der Waals surface area contributed by atoms with Crippen LogP contribution in [0.4, 0.5) is 11.4 Å². The maximum Gasteiger partial charge on any atom is 0.261 e. The Hall–Kier alpha value is -7.02. The van der Waals surface area contributed by atoms with E-state index in [1.807, 2.05) is 93.6 Å². The van der Waals surface area contributed by atoms with E-state index < -0.39 is 53.5 Å². The predicted octanol–water partition coefficient (Wildman–Crippen LogP) is 10.4. The molecule has 0 spiro atoms. The Morgan fingerprint density at radius 1 is 0.556 bits per heavy atom. The second kappa shape index (κ2) is 22.2. The maximum atomic E-state index is 15.0. The lowest BCUT2D eigenvalue weighted by Gasteiger charge is -2.36. The van der Waals surface area contributed by atoms with Gasteiger partial charge in [0.05, 0.1) is 0 Å². The van der Waals surface area contributed by atoms with Gasteiger partial charge in [0.2, 0.25) is 11.8 Å². The van der Waals surface area contributed by atoms with Gasteiger partial charge in [-0.25, -0.2) is 0 Å². The van der Waals surface area contributed by atoms with E-state index in [2.05, 4.69) is 62.1 Å². The minimum atomic E-state index is -1.65. The number of nitrogens with zero attached hydrogens (tertiary/aromatic N) is 4. The molecule has 0 aliphatic heterocycles. The molecule has 376 valence electrons. The zero-order valence-electron chi connectivity index (χ0n) is 43.0. The Morgan fingerprint density at radius 3 is 1.50 bits per heavy atom. The normalized spacial score (nSPS) is 16.9. The van der Waals surface area contributed by atoms with Gasteiger partial charge in [0.25, 0.3) is 11.8 Å². The van der Waals surface area contributed by atoms with Crippen LogP contribution in [0.2, 0.25) is 0 Å². The number of carbonyl (C=O) groups excluding carboxylic acids is 4. The van der Waals surface area contributed by atoms with Gasteiger partial charge in [0.1, 0.15) is 12.1 Å². The molecule has 6 aromatic rings. The number of amides is 4. The molecule has 0 radical (unpaired) electrons. The molecule has 1 aliphatic carbocycles. The van der Waals surface area contributed by atoms with Gasteiger partial charge in [0, 0.05) is 58.9 Å². The monoisotopic (exact) mass is 971 g/mol. The lowest BCUT2D eigenvalue weighted by molar-refractivity contribution is -0.131. The van der Waals surface area contributed by atoms with Gasteiger partial charge < -0.3 is 20.8 Å². The first-order chi connectivity index (χ1) is 34.1. The molecule has 72 heavy (non-hydrogen) atoms. The number of hydrogen-bond acceptors (Lipinski definition) is 8. The van der Waals surface area contributed by atoms with E-state index in [1.54, 1.807) is 79.4 Å². The zero-order valence-corrected chi connectivity index (χ0v) is 43.0. The number of benzene rings is 4. The van der Waals surface area contributed by atoms with Gasteiger partial charge >= 0.3 is 0 Å². The smallest absolute Gasteiger partial charge is 0.261 e. The van der Waals surface area contributed by atoms with Gasteiger partial charge in [-0.1, -0.05) is 139 Å². The number of aliphatic hydroxyl groups excluding tert-OH is 2. The van der Waals surface area contributed by atoms with Crippen LogP contribution in [0.5, 0.6) is 0 Å². The minimum absolute atomic E-state index is 0.0625. The topological polar surface area (TPSA) is 165 Å². The van der Waals surface area contributed by atoms with E-state index in [4.69, 9.17) is 0 Å². The lowest BCUT2D eigenvalue weighted by atomic mass is 9.80. The van der Waals surface area contributed by atoms with Gasteiger partial charge in [-0.15, -0.1) is 0 Å². The quantitative estimate of drug-likeness (QED) is 0.0838. The average Bonchev–Trinajstić information content (AvgIpc) is 3.36. The summed E-state index contributed by atoms with van der Waals surface area (Å²) >= 11 is 0. The van der Waals surface area contributed by atoms with E-state index in [0.717, 1.165) is 29.5 Å². The Bertz CT molecular complexity index is 2790. The van der Waals surface area contributed by atoms with Crippen molar-refractivity contribution in [1.29, 1.82) is 0 Å². The van der Waals surface area contributed by atoms with Crippen LogP contribution >= 0.6 is 0 Å². The number of aromatic nitrogens is 2. The molecule has 1 aliphatic rings. The van der Waals surface area contributed by atoms with Crippen molar-refractivity contribution < 1.29 is 29.4 Å². The highest BCUT2D eigenvalue weighted by Gasteiger charge is 2.40. The molecule has 0 bridgehead atoms. The summed E-state index contributed by atoms with van der Waals surface area (Å²) in [4.78, 5) is 70.4. The Labute approximate surface area is 424 Å². The van der Waals surface area contributed by atoms with E-state index in [-0.39, 0.29) is 22.8 Å². The summed E-state index contributed by atoms with van der Waals surface area (Å²) in [6.45, 7) is 18.2. The van der Waals surface area contributed by atoms with Crippen LogP contribution in [-0.2, 0) is 30.0 Å². The second-order valence-corrected chi connectivity index (χ2v) is 22.1. The second-order valence-electron chi connectivity index (χ2n) is 22.1. The molecule has 4 N–H and O–H groups in total. The highest BCUT2D eigenvalue weighted by atomic mass is 16.3. The molecule has 0 saturated heterocycles.